The summed E-state index contributed by atoms with van der Waals surface area (Å²) in [5, 5.41) is 3.02. The number of anilines is 1. The van der Waals surface area contributed by atoms with Gasteiger partial charge in [-0.1, -0.05) is 49.4 Å². The van der Waals surface area contributed by atoms with Crippen LogP contribution in [0.4, 0.5) is 5.69 Å². The zero-order valence-corrected chi connectivity index (χ0v) is 19.5. The molecular weight excluding hydrogens is 396 g/mol. The van der Waals surface area contributed by atoms with Gasteiger partial charge in [0, 0.05) is 23.3 Å². The molecule has 0 spiro atoms. The second kappa shape index (κ2) is 11.5. The molecule has 0 bridgehead atoms. The van der Waals surface area contributed by atoms with Crippen LogP contribution in [0.2, 0.25) is 0 Å². The Bertz CT molecular complexity index is 986. The molecule has 0 aliphatic rings. The minimum Gasteiger partial charge on any atom is -0.497 e. The van der Waals surface area contributed by atoms with Crippen LogP contribution in [-0.2, 0) is 6.42 Å². The molecule has 0 heterocycles. The van der Waals surface area contributed by atoms with Crippen molar-refractivity contribution in [2.75, 3.05) is 19.0 Å². The Kier molecular flexibility index (Phi) is 8.46. The van der Waals surface area contributed by atoms with Crippen LogP contribution in [0.3, 0.4) is 0 Å². The van der Waals surface area contributed by atoms with Crippen molar-refractivity contribution in [3.63, 3.8) is 0 Å². The van der Waals surface area contributed by atoms with E-state index in [-0.39, 0.29) is 5.91 Å². The third-order valence-corrected chi connectivity index (χ3v) is 5.90. The highest BCUT2D eigenvalue weighted by Crippen LogP contribution is 2.25. The number of nitrogens with zero attached hydrogens (tertiary/aromatic N) is 1. The highest BCUT2D eigenvalue weighted by Gasteiger charge is 2.21. The lowest BCUT2D eigenvalue weighted by Gasteiger charge is -2.35. The van der Waals surface area contributed by atoms with Gasteiger partial charge in [-0.15, -0.1) is 0 Å². The van der Waals surface area contributed by atoms with Crippen LogP contribution in [0.15, 0.2) is 78.9 Å². The van der Waals surface area contributed by atoms with Crippen molar-refractivity contribution in [3.8, 4) is 5.75 Å². The van der Waals surface area contributed by atoms with Crippen molar-refractivity contribution in [2.24, 2.45) is 0 Å². The lowest BCUT2D eigenvalue weighted by Crippen LogP contribution is -2.37. The van der Waals surface area contributed by atoms with Crippen molar-refractivity contribution in [1.29, 1.82) is 0 Å². The molecule has 0 fully saturated rings. The molecule has 4 heteroatoms. The maximum Gasteiger partial charge on any atom is 0.255 e. The topological polar surface area (TPSA) is 41.6 Å². The molecular formula is C28H34N2O2. The van der Waals surface area contributed by atoms with Crippen molar-refractivity contribution in [3.05, 3.63) is 95.6 Å². The van der Waals surface area contributed by atoms with Gasteiger partial charge in [-0.2, -0.15) is 0 Å². The molecule has 3 aromatic carbocycles. The Morgan fingerprint density at radius 2 is 1.69 bits per heavy atom. The molecule has 32 heavy (non-hydrogen) atoms. The summed E-state index contributed by atoms with van der Waals surface area (Å²) in [7, 11) is 1.61. The molecule has 1 amide bonds. The number of hydrogen-bond acceptors (Lipinski definition) is 3. The highest BCUT2D eigenvalue weighted by atomic mass is 16.5. The zero-order chi connectivity index (χ0) is 22.9. The molecule has 3 rings (SSSR count). The SMILES string of the molecule is CCCN([C@H](C)Cc1cccc(NC(=O)c2ccc(OC)cc2)c1)[C@H](C)c1ccccc1. The largest absolute Gasteiger partial charge is 0.497 e. The fraction of sp³-hybridized carbons (Fsp3) is 0.321. The van der Waals surface area contributed by atoms with Gasteiger partial charge in [0.05, 0.1) is 7.11 Å². The van der Waals surface area contributed by atoms with Crippen LogP contribution < -0.4 is 10.1 Å². The van der Waals surface area contributed by atoms with Crippen molar-refractivity contribution < 1.29 is 9.53 Å². The quantitative estimate of drug-likeness (QED) is 0.407. The van der Waals surface area contributed by atoms with Crippen LogP contribution in [0.1, 0.15) is 54.7 Å². The molecule has 2 atom stereocenters. The van der Waals surface area contributed by atoms with E-state index in [1.807, 2.05) is 12.1 Å². The first-order valence-corrected chi connectivity index (χ1v) is 11.4. The van der Waals surface area contributed by atoms with E-state index in [4.69, 9.17) is 4.74 Å². The number of amides is 1. The number of benzene rings is 3. The van der Waals surface area contributed by atoms with Gasteiger partial charge in [-0.3, -0.25) is 9.69 Å². The van der Waals surface area contributed by atoms with Gasteiger partial charge in [0.1, 0.15) is 5.75 Å². The minimum atomic E-state index is -0.122. The third-order valence-electron chi connectivity index (χ3n) is 5.90. The lowest BCUT2D eigenvalue weighted by atomic mass is 10.0. The van der Waals surface area contributed by atoms with Crippen LogP contribution >= 0.6 is 0 Å². The molecule has 3 aromatic rings. The van der Waals surface area contributed by atoms with Crippen LogP contribution in [0.25, 0.3) is 0 Å². The summed E-state index contributed by atoms with van der Waals surface area (Å²) in [6.45, 7) is 7.85. The number of methoxy groups -OCH3 is 1. The van der Waals surface area contributed by atoms with E-state index in [0.717, 1.165) is 30.8 Å². The molecule has 0 aliphatic carbocycles. The van der Waals surface area contributed by atoms with Gasteiger partial charge in [0.2, 0.25) is 0 Å². The Morgan fingerprint density at radius 1 is 0.969 bits per heavy atom. The number of carbonyl (C=O) groups excluding carboxylic acids is 1. The third kappa shape index (κ3) is 6.21. The summed E-state index contributed by atoms with van der Waals surface area (Å²) in [5.41, 5.74) is 3.98. The van der Waals surface area contributed by atoms with Gasteiger partial charge in [0.25, 0.3) is 5.91 Å². The first-order chi connectivity index (χ1) is 15.5. The van der Waals surface area contributed by atoms with Crippen LogP contribution in [-0.4, -0.2) is 30.5 Å². The molecule has 0 aliphatic heterocycles. The standard InChI is InChI=1S/C28H34N2O2/c1-5-18-30(22(3)24-11-7-6-8-12-24)21(2)19-23-10-9-13-26(20-23)29-28(31)25-14-16-27(32-4)17-15-25/h6-17,20-22H,5,18-19H2,1-4H3,(H,29,31)/t21-,22-/m1/s1. The molecule has 168 valence electrons. The number of rotatable bonds is 10. The number of nitrogens with one attached hydrogen (secondary N) is 1. The second-order valence-corrected chi connectivity index (χ2v) is 8.26. The molecule has 0 saturated carbocycles. The van der Waals surface area contributed by atoms with Gasteiger partial charge in [-0.25, -0.2) is 0 Å². The van der Waals surface area contributed by atoms with E-state index in [2.05, 4.69) is 73.5 Å². The summed E-state index contributed by atoms with van der Waals surface area (Å²) in [5.74, 6) is 0.613. The Morgan fingerprint density at radius 3 is 2.34 bits per heavy atom. The fourth-order valence-corrected chi connectivity index (χ4v) is 4.16. The van der Waals surface area contributed by atoms with Crippen molar-refractivity contribution in [1.82, 2.24) is 4.90 Å². The first kappa shape index (κ1) is 23.6. The van der Waals surface area contributed by atoms with E-state index in [1.165, 1.54) is 11.1 Å². The zero-order valence-electron chi connectivity index (χ0n) is 19.5. The van der Waals surface area contributed by atoms with E-state index in [0.29, 0.717) is 17.6 Å². The normalized spacial score (nSPS) is 12.9. The first-order valence-electron chi connectivity index (χ1n) is 11.4. The molecule has 0 saturated heterocycles. The molecule has 0 unspecified atom stereocenters. The van der Waals surface area contributed by atoms with Gasteiger partial charge < -0.3 is 10.1 Å². The number of ether oxygens (including phenoxy) is 1. The van der Waals surface area contributed by atoms with Gasteiger partial charge >= 0.3 is 0 Å². The summed E-state index contributed by atoms with van der Waals surface area (Å²) >= 11 is 0. The van der Waals surface area contributed by atoms with E-state index in [1.54, 1.807) is 31.4 Å². The molecule has 1 N–H and O–H groups in total. The smallest absolute Gasteiger partial charge is 0.255 e. The predicted octanol–water partition coefficient (Wildman–Crippen LogP) is 6.35. The molecule has 0 radical (unpaired) electrons. The van der Waals surface area contributed by atoms with Crippen LogP contribution in [0.5, 0.6) is 5.75 Å². The van der Waals surface area contributed by atoms with E-state index >= 15 is 0 Å². The summed E-state index contributed by atoms with van der Waals surface area (Å²) in [6.07, 6.45) is 2.03. The Hall–Kier alpha value is -3.11. The average Bonchev–Trinajstić information content (AvgIpc) is 2.83. The maximum absolute atomic E-state index is 12.6. The van der Waals surface area contributed by atoms with E-state index in [9.17, 15) is 4.79 Å². The predicted molar refractivity (Wildman–Crippen MR) is 132 cm³/mol. The molecule has 0 aromatic heterocycles. The minimum absolute atomic E-state index is 0.122. The lowest BCUT2D eigenvalue weighted by molar-refractivity contribution is 0.102. The summed E-state index contributed by atoms with van der Waals surface area (Å²) < 4.78 is 5.17. The van der Waals surface area contributed by atoms with Crippen LogP contribution in [0, 0.1) is 0 Å². The van der Waals surface area contributed by atoms with Gasteiger partial charge in [-0.05, 0) is 80.8 Å². The highest BCUT2D eigenvalue weighted by molar-refractivity contribution is 6.04. The average molecular weight is 431 g/mol. The maximum atomic E-state index is 12.6. The van der Waals surface area contributed by atoms with E-state index < -0.39 is 0 Å². The number of hydrogen-bond donors (Lipinski definition) is 1. The Labute approximate surface area is 192 Å². The summed E-state index contributed by atoms with van der Waals surface area (Å²) in [4.78, 5) is 15.2. The second-order valence-electron chi connectivity index (χ2n) is 8.26. The van der Waals surface area contributed by atoms with Gasteiger partial charge in [0.15, 0.2) is 0 Å². The number of carbonyl (C=O) groups is 1. The Balaban J connectivity index is 1.68. The fourth-order valence-electron chi connectivity index (χ4n) is 4.16. The molecule has 4 nitrogen and oxygen atoms in total. The monoisotopic (exact) mass is 430 g/mol. The van der Waals surface area contributed by atoms with Crippen molar-refractivity contribution >= 4 is 11.6 Å². The van der Waals surface area contributed by atoms with Crippen molar-refractivity contribution in [2.45, 2.75) is 45.7 Å². The summed E-state index contributed by atoms with van der Waals surface area (Å²) in [6, 6.07) is 26.7.